The van der Waals surface area contributed by atoms with Crippen LogP contribution in [0.5, 0.6) is 0 Å². The van der Waals surface area contributed by atoms with Gasteiger partial charge in [-0.15, -0.1) is 16.4 Å². The second-order valence-electron chi connectivity index (χ2n) is 5.74. The molecule has 0 bridgehead atoms. The Kier molecular flexibility index (Phi) is 4.19. The van der Waals surface area contributed by atoms with Crippen LogP contribution in [0.25, 0.3) is 21.6 Å². The molecule has 5 nitrogen and oxygen atoms in total. The van der Waals surface area contributed by atoms with E-state index in [-0.39, 0.29) is 11.0 Å². The number of fused-ring (bicyclic) bond motifs is 1. The highest BCUT2D eigenvalue weighted by atomic mass is 32.2. The van der Waals surface area contributed by atoms with Crippen LogP contribution >= 0.6 is 23.1 Å². The summed E-state index contributed by atoms with van der Waals surface area (Å²) in [5, 5.41) is 10.4. The molecule has 0 spiro atoms. The molecule has 4 aromatic rings. The third kappa shape index (κ3) is 3.01. The smallest absolute Gasteiger partial charge is 0.209 e. The van der Waals surface area contributed by atoms with Gasteiger partial charge in [-0.1, -0.05) is 36.0 Å². The highest BCUT2D eigenvalue weighted by Crippen LogP contribution is 2.30. The van der Waals surface area contributed by atoms with Crippen molar-refractivity contribution in [3.8, 4) is 10.7 Å². The Hall–Kier alpha value is -2.38. The number of H-pyrrole nitrogens is 2. The van der Waals surface area contributed by atoms with Crippen molar-refractivity contribution in [2.45, 2.75) is 24.3 Å². The van der Waals surface area contributed by atoms with Crippen LogP contribution in [0.4, 0.5) is 0 Å². The number of thiophene rings is 1. The molecule has 0 amide bonds. The predicted molar refractivity (Wildman–Crippen MR) is 102 cm³/mol. The number of benzene rings is 1. The third-order valence-corrected chi connectivity index (χ3v) is 5.85. The third-order valence-electron chi connectivity index (χ3n) is 4.01. The van der Waals surface area contributed by atoms with Gasteiger partial charge in [0.2, 0.25) is 5.16 Å². The van der Waals surface area contributed by atoms with E-state index in [0.29, 0.717) is 5.16 Å². The summed E-state index contributed by atoms with van der Waals surface area (Å²) in [6, 6.07) is 11.8. The van der Waals surface area contributed by atoms with Gasteiger partial charge in [-0.2, -0.15) is 0 Å². The van der Waals surface area contributed by atoms with E-state index in [2.05, 4.69) is 20.2 Å². The number of ketones is 1. The number of para-hydroxylation sites is 1. The van der Waals surface area contributed by atoms with E-state index >= 15 is 0 Å². The Morgan fingerprint density at radius 2 is 2.08 bits per heavy atom. The van der Waals surface area contributed by atoms with Crippen LogP contribution in [0.2, 0.25) is 0 Å². The van der Waals surface area contributed by atoms with Gasteiger partial charge in [-0.25, -0.2) is 4.98 Å². The lowest BCUT2D eigenvalue weighted by atomic mass is 10.1. The van der Waals surface area contributed by atoms with Gasteiger partial charge in [-0.3, -0.25) is 9.89 Å². The lowest BCUT2D eigenvalue weighted by molar-refractivity contribution is 0.0995. The van der Waals surface area contributed by atoms with Gasteiger partial charge >= 0.3 is 0 Å². The fourth-order valence-corrected chi connectivity index (χ4v) is 4.28. The van der Waals surface area contributed by atoms with Gasteiger partial charge < -0.3 is 4.98 Å². The number of hydrogen-bond donors (Lipinski definition) is 2. The van der Waals surface area contributed by atoms with Crippen molar-refractivity contribution >= 4 is 39.8 Å². The minimum atomic E-state index is -0.273. The number of nitrogens with zero attached hydrogens (tertiary/aromatic N) is 2. The summed E-state index contributed by atoms with van der Waals surface area (Å²) in [5.41, 5.74) is 2.64. The number of hydrogen-bond acceptors (Lipinski definition) is 5. The van der Waals surface area contributed by atoms with Gasteiger partial charge in [0, 0.05) is 22.2 Å². The Morgan fingerprint density at radius 1 is 1.24 bits per heavy atom. The van der Waals surface area contributed by atoms with Crippen molar-refractivity contribution in [1.29, 1.82) is 0 Å². The quantitative estimate of drug-likeness (QED) is 0.396. The molecule has 0 aliphatic carbocycles. The highest BCUT2D eigenvalue weighted by Gasteiger charge is 2.23. The van der Waals surface area contributed by atoms with Crippen molar-refractivity contribution < 1.29 is 4.79 Å². The molecule has 0 unspecified atom stereocenters. The molecule has 7 heteroatoms. The first kappa shape index (κ1) is 16.1. The fraction of sp³-hybridized carbons (Fsp3) is 0.167. The molecular weight excluding hydrogens is 352 g/mol. The van der Waals surface area contributed by atoms with Crippen LogP contribution in [-0.2, 0) is 0 Å². The maximum Gasteiger partial charge on any atom is 0.209 e. The van der Waals surface area contributed by atoms with E-state index in [0.717, 1.165) is 32.9 Å². The maximum atomic E-state index is 13.0. The van der Waals surface area contributed by atoms with Crippen LogP contribution < -0.4 is 0 Å². The summed E-state index contributed by atoms with van der Waals surface area (Å²) < 4.78 is 0. The van der Waals surface area contributed by atoms with E-state index < -0.39 is 0 Å². The van der Waals surface area contributed by atoms with E-state index in [1.807, 2.05) is 55.6 Å². The lowest BCUT2D eigenvalue weighted by Crippen LogP contribution is -2.14. The zero-order chi connectivity index (χ0) is 17.4. The SMILES string of the molecule is Cc1[nH]c2ccccc2c1C(=O)[C@H](C)Sc1n[nH]c(-c2cccs2)n1. The number of carbonyl (C=O) groups is 1. The largest absolute Gasteiger partial charge is 0.358 e. The molecule has 0 aliphatic rings. The number of carbonyl (C=O) groups excluding carboxylic acids is 1. The van der Waals surface area contributed by atoms with Crippen molar-refractivity contribution in [3.63, 3.8) is 0 Å². The molecule has 25 heavy (non-hydrogen) atoms. The first-order chi connectivity index (χ1) is 12.1. The number of rotatable bonds is 5. The summed E-state index contributed by atoms with van der Waals surface area (Å²) in [6.45, 7) is 3.84. The normalized spacial score (nSPS) is 12.6. The molecule has 0 aliphatic heterocycles. The standard InChI is InChI=1S/C18H16N4OS2/c1-10-15(12-6-3-4-7-13(12)19-10)16(23)11(2)25-18-20-17(21-22-18)14-8-5-9-24-14/h3-9,11,19H,1-2H3,(H,20,21,22)/t11-/m0/s1. The second-order valence-corrected chi connectivity index (χ2v) is 7.99. The molecule has 1 atom stereocenters. The molecule has 0 saturated carbocycles. The van der Waals surface area contributed by atoms with Gasteiger partial charge in [0.05, 0.1) is 10.1 Å². The predicted octanol–water partition coefficient (Wildman–Crippen LogP) is 4.69. The minimum Gasteiger partial charge on any atom is -0.358 e. The van der Waals surface area contributed by atoms with Gasteiger partial charge in [0.1, 0.15) is 0 Å². The Labute approximate surface area is 152 Å². The van der Waals surface area contributed by atoms with Gasteiger partial charge in [-0.05, 0) is 31.4 Å². The molecule has 3 aromatic heterocycles. The molecule has 0 fully saturated rings. The average molecular weight is 368 g/mol. The van der Waals surface area contributed by atoms with Gasteiger partial charge in [0.15, 0.2) is 11.6 Å². The highest BCUT2D eigenvalue weighted by molar-refractivity contribution is 8.00. The van der Waals surface area contributed by atoms with E-state index in [4.69, 9.17) is 0 Å². The topological polar surface area (TPSA) is 74.4 Å². The lowest BCUT2D eigenvalue weighted by Gasteiger charge is -2.08. The zero-order valence-electron chi connectivity index (χ0n) is 13.7. The summed E-state index contributed by atoms with van der Waals surface area (Å²) in [5.74, 6) is 0.822. The van der Waals surface area contributed by atoms with E-state index in [1.165, 1.54) is 11.8 Å². The Morgan fingerprint density at radius 3 is 2.88 bits per heavy atom. The molecule has 3 heterocycles. The first-order valence-electron chi connectivity index (χ1n) is 7.88. The van der Waals surface area contributed by atoms with Crippen LogP contribution in [0.3, 0.4) is 0 Å². The monoisotopic (exact) mass is 368 g/mol. The van der Waals surface area contributed by atoms with Crippen LogP contribution in [0, 0.1) is 6.92 Å². The van der Waals surface area contributed by atoms with Crippen LogP contribution in [-0.4, -0.2) is 31.2 Å². The summed E-state index contributed by atoms with van der Waals surface area (Å²) >= 11 is 2.97. The van der Waals surface area contributed by atoms with Crippen LogP contribution in [0.1, 0.15) is 23.0 Å². The average Bonchev–Trinajstić information content (AvgIpc) is 3.32. The minimum absolute atomic E-state index is 0.0856. The molecule has 2 N–H and O–H groups in total. The number of aryl methyl sites for hydroxylation is 1. The van der Waals surface area contributed by atoms with Crippen molar-refractivity contribution in [2.75, 3.05) is 0 Å². The van der Waals surface area contributed by atoms with Crippen LogP contribution in [0.15, 0.2) is 46.9 Å². The first-order valence-corrected chi connectivity index (χ1v) is 9.64. The zero-order valence-corrected chi connectivity index (χ0v) is 15.4. The summed E-state index contributed by atoms with van der Waals surface area (Å²) in [6.07, 6.45) is 0. The number of aromatic nitrogens is 4. The Balaban J connectivity index is 1.57. The van der Waals surface area contributed by atoms with E-state index in [1.54, 1.807) is 11.3 Å². The molecule has 1 aromatic carbocycles. The second kappa shape index (κ2) is 6.50. The van der Waals surface area contributed by atoms with Crippen molar-refractivity contribution in [3.05, 3.63) is 53.0 Å². The molecule has 0 radical (unpaired) electrons. The number of Topliss-reactive ketones (excluding diaryl/α,β-unsaturated/α-hetero) is 1. The molecule has 4 rings (SSSR count). The van der Waals surface area contributed by atoms with Crippen molar-refractivity contribution in [1.82, 2.24) is 20.2 Å². The van der Waals surface area contributed by atoms with Crippen molar-refractivity contribution in [2.24, 2.45) is 0 Å². The number of nitrogens with one attached hydrogen (secondary N) is 2. The molecular formula is C18H16N4OS2. The fourth-order valence-electron chi connectivity index (χ4n) is 2.83. The Bertz CT molecular complexity index is 1030. The summed E-state index contributed by atoms with van der Waals surface area (Å²) in [7, 11) is 0. The number of aromatic amines is 2. The summed E-state index contributed by atoms with van der Waals surface area (Å²) in [4.78, 5) is 21.8. The van der Waals surface area contributed by atoms with Gasteiger partial charge in [0.25, 0.3) is 0 Å². The maximum absolute atomic E-state index is 13.0. The molecule has 126 valence electrons. The number of thioether (sulfide) groups is 1. The molecule has 0 saturated heterocycles. The van der Waals surface area contributed by atoms with E-state index in [9.17, 15) is 4.79 Å².